The van der Waals surface area contributed by atoms with Gasteiger partial charge in [-0.25, -0.2) is 18.3 Å². The van der Waals surface area contributed by atoms with Gasteiger partial charge in [0.1, 0.15) is 11.6 Å². The third-order valence-electron chi connectivity index (χ3n) is 3.54. The number of carboxylic acid groups (broad SMARTS) is 1. The number of halogens is 2. The van der Waals surface area contributed by atoms with E-state index in [9.17, 15) is 18.4 Å². The molecular formula is C18H13F2N3O3. The Morgan fingerprint density at radius 2 is 1.81 bits per heavy atom. The number of rotatable bonds is 4. The molecule has 0 saturated heterocycles. The summed E-state index contributed by atoms with van der Waals surface area (Å²) in [6, 6.07) is 12.1. The minimum absolute atomic E-state index is 0.0691. The van der Waals surface area contributed by atoms with E-state index in [1.165, 1.54) is 12.1 Å². The van der Waals surface area contributed by atoms with Crippen LogP contribution in [-0.2, 0) is 6.54 Å². The Hall–Kier alpha value is -3.55. The molecule has 0 aliphatic rings. The quantitative estimate of drug-likeness (QED) is 0.750. The van der Waals surface area contributed by atoms with E-state index in [4.69, 9.17) is 5.11 Å². The zero-order valence-corrected chi connectivity index (χ0v) is 13.3. The lowest BCUT2D eigenvalue weighted by Crippen LogP contribution is -2.23. The van der Waals surface area contributed by atoms with E-state index in [0.717, 1.165) is 22.9 Å². The van der Waals surface area contributed by atoms with Crippen LogP contribution in [0.4, 0.5) is 19.3 Å². The largest absolute Gasteiger partial charge is 0.465 e. The third kappa shape index (κ3) is 4.10. The van der Waals surface area contributed by atoms with E-state index in [1.807, 2.05) is 0 Å². The molecule has 0 unspecified atom stereocenters. The van der Waals surface area contributed by atoms with E-state index < -0.39 is 23.3 Å². The summed E-state index contributed by atoms with van der Waals surface area (Å²) in [5.74, 6) is -1.49. The fourth-order valence-corrected chi connectivity index (χ4v) is 2.46. The van der Waals surface area contributed by atoms with Gasteiger partial charge >= 0.3 is 6.09 Å². The number of carbonyl (C=O) groups is 1. The molecule has 132 valence electrons. The van der Waals surface area contributed by atoms with Gasteiger partial charge in [-0.2, -0.15) is 5.10 Å². The summed E-state index contributed by atoms with van der Waals surface area (Å²) < 4.78 is 27.9. The molecule has 0 aliphatic carbocycles. The molecule has 0 spiro atoms. The molecular weight excluding hydrogens is 344 g/mol. The summed E-state index contributed by atoms with van der Waals surface area (Å²) in [4.78, 5) is 22.8. The molecule has 0 atom stereocenters. The molecule has 8 heteroatoms. The molecule has 0 aliphatic heterocycles. The Labute approximate surface area is 146 Å². The van der Waals surface area contributed by atoms with Crippen LogP contribution >= 0.6 is 0 Å². The Morgan fingerprint density at radius 3 is 2.50 bits per heavy atom. The lowest BCUT2D eigenvalue weighted by Gasteiger charge is -2.09. The van der Waals surface area contributed by atoms with Crippen LogP contribution in [0, 0.1) is 11.6 Å². The maximum absolute atomic E-state index is 13.4. The second-order valence-electron chi connectivity index (χ2n) is 5.50. The minimum Gasteiger partial charge on any atom is -0.465 e. The second kappa shape index (κ2) is 7.14. The third-order valence-corrected chi connectivity index (χ3v) is 3.54. The number of nitrogens with one attached hydrogen (secondary N) is 1. The number of amides is 1. The number of nitrogens with zero attached hydrogens (tertiary/aromatic N) is 2. The lowest BCUT2D eigenvalue weighted by atomic mass is 10.1. The van der Waals surface area contributed by atoms with Gasteiger partial charge in [-0.3, -0.25) is 10.1 Å². The Kier molecular flexibility index (Phi) is 4.74. The average molecular weight is 357 g/mol. The van der Waals surface area contributed by atoms with Crippen LogP contribution in [0.2, 0.25) is 0 Å². The average Bonchev–Trinajstić information content (AvgIpc) is 2.55. The molecule has 0 saturated carbocycles. The van der Waals surface area contributed by atoms with E-state index >= 15 is 0 Å². The Morgan fingerprint density at radius 1 is 1.08 bits per heavy atom. The van der Waals surface area contributed by atoms with Gasteiger partial charge in [0.2, 0.25) is 0 Å². The van der Waals surface area contributed by atoms with Crippen LogP contribution in [0.5, 0.6) is 0 Å². The van der Waals surface area contributed by atoms with Crippen LogP contribution in [0.1, 0.15) is 5.56 Å². The van der Waals surface area contributed by atoms with Crippen molar-refractivity contribution in [2.45, 2.75) is 6.54 Å². The molecule has 2 aromatic carbocycles. The first-order valence-corrected chi connectivity index (χ1v) is 7.54. The van der Waals surface area contributed by atoms with Crippen molar-refractivity contribution < 1.29 is 18.7 Å². The highest BCUT2D eigenvalue weighted by Gasteiger charge is 2.08. The van der Waals surface area contributed by atoms with Crippen molar-refractivity contribution in [2.75, 3.05) is 5.32 Å². The summed E-state index contributed by atoms with van der Waals surface area (Å²) in [6.07, 6.45) is -1.20. The van der Waals surface area contributed by atoms with Gasteiger partial charge in [0.25, 0.3) is 5.56 Å². The normalized spacial score (nSPS) is 10.5. The first kappa shape index (κ1) is 17.3. The van der Waals surface area contributed by atoms with Crippen LogP contribution in [-0.4, -0.2) is 21.0 Å². The van der Waals surface area contributed by atoms with Gasteiger partial charge in [-0.15, -0.1) is 0 Å². The Bertz CT molecular complexity index is 1010. The lowest BCUT2D eigenvalue weighted by molar-refractivity contribution is 0.209. The molecule has 0 bridgehead atoms. The topological polar surface area (TPSA) is 84.2 Å². The molecule has 0 radical (unpaired) electrons. The SMILES string of the molecule is O=C(O)Nc1cccc(Cn2nc(-c3cc(F)cc(F)c3)ccc2=O)c1. The van der Waals surface area contributed by atoms with Gasteiger partial charge in [-0.1, -0.05) is 12.1 Å². The van der Waals surface area contributed by atoms with Crippen molar-refractivity contribution in [1.29, 1.82) is 0 Å². The summed E-state index contributed by atoms with van der Waals surface area (Å²) in [7, 11) is 0. The molecule has 1 aromatic heterocycles. The number of aromatic nitrogens is 2. The maximum atomic E-state index is 13.4. The van der Waals surface area contributed by atoms with Crippen molar-refractivity contribution in [3.8, 4) is 11.3 Å². The summed E-state index contributed by atoms with van der Waals surface area (Å²) in [6.45, 7) is 0.0691. The molecule has 2 N–H and O–H groups in total. The van der Waals surface area contributed by atoms with Gasteiger partial charge in [0.05, 0.1) is 12.2 Å². The molecule has 1 heterocycles. The highest BCUT2D eigenvalue weighted by Crippen LogP contribution is 2.19. The van der Waals surface area contributed by atoms with Crippen molar-refractivity contribution in [3.63, 3.8) is 0 Å². The van der Waals surface area contributed by atoms with Gasteiger partial charge < -0.3 is 5.11 Å². The number of hydrogen-bond donors (Lipinski definition) is 2. The number of hydrogen-bond acceptors (Lipinski definition) is 3. The minimum atomic E-state index is -1.20. The van der Waals surface area contributed by atoms with Gasteiger partial charge in [-0.05, 0) is 35.9 Å². The monoisotopic (exact) mass is 357 g/mol. The highest BCUT2D eigenvalue weighted by molar-refractivity contribution is 5.82. The first-order chi connectivity index (χ1) is 12.4. The smallest absolute Gasteiger partial charge is 0.409 e. The molecule has 6 nitrogen and oxygen atoms in total. The van der Waals surface area contributed by atoms with E-state index in [2.05, 4.69) is 10.4 Å². The zero-order valence-electron chi connectivity index (χ0n) is 13.3. The Balaban J connectivity index is 1.94. The van der Waals surface area contributed by atoms with E-state index in [1.54, 1.807) is 24.3 Å². The number of anilines is 1. The van der Waals surface area contributed by atoms with Crippen LogP contribution < -0.4 is 10.9 Å². The van der Waals surface area contributed by atoms with E-state index in [-0.39, 0.29) is 17.8 Å². The van der Waals surface area contributed by atoms with Crippen molar-refractivity contribution in [3.05, 3.63) is 82.1 Å². The van der Waals surface area contributed by atoms with E-state index in [0.29, 0.717) is 11.3 Å². The second-order valence-corrected chi connectivity index (χ2v) is 5.50. The fourth-order valence-electron chi connectivity index (χ4n) is 2.46. The molecule has 3 aromatic rings. The molecule has 1 amide bonds. The van der Waals surface area contributed by atoms with Crippen LogP contribution in [0.3, 0.4) is 0 Å². The van der Waals surface area contributed by atoms with Crippen molar-refractivity contribution in [1.82, 2.24) is 9.78 Å². The standard InChI is InChI=1S/C18H13F2N3O3/c19-13-7-12(8-14(20)9-13)16-4-5-17(24)23(22-16)10-11-2-1-3-15(6-11)21-18(25)26/h1-9,21H,10H2,(H,25,26). The van der Waals surface area contributed by atoms with Crippen LogP contribution in [0.25, 0.3) is 11.3 Å². The molecule has 0 fully saturated rings. The predicted octanol–water partition coefficient (Wildman–Crippen LogP) is 3.33. The first-order valence-electron chi connectivity index (χ1n) is 7.54. The predicted molar refractivity (Wildman–Crippen MR) is 91.0 cm³/mol. The summed E-state index contributed by atoms with van der Waals surface area (Å²) in [5, 5.41) is 15.1. The fraction of sp³-hybridized carbons (Fsp3) is 0.0556. The van der Waals surface area contributed by atoms with Crippen LogP contribution in [0.15, 0.2) is 59.4 Å². The van der Waals surface area contributed by atoms with Crippen molar-refractivity contribution >= 4 is 11.8 Å². The maximum Gasteiger partial charge on any atom is 0.409 e. The zero-order chi connectivity index (χ0) is 18.7. The summed E-state index contributed by atoms with van der Waals surface area (Å²) >= 11 is 0. The number of benzene rings is 2. The molecule has 3 rings (SSSR count). The highest BCUT2D eigenvalue weighted by atomic mass is 19.1. The van der Waals surface area contributed by atoms with Gasteiger partial charge in [0.15, 0.2) is 0 Å². The van der Waals surface area contributed by atoms with Crippen molar-refractivity contribution in [2.24, 2.45) is 0 Å². The molecule has 26 heavy (non-hydrogen) atoms. The summed E-state index contributed by atoms with van der Waals surface area (Å²) in [5.41, 5.74) is 1.03. The van der Waals surface area contributed by atoms with Gasteiger partial charge in [0, 0.05) is 23.4 Å².